The van der Waals surface area contributed by atoms with Gasteiger partial charge in [-0.15, -0.1) is 0 Å². The van der Waals surface area contributed by atoms with Gasteiger partial charge >= 0.3 is 0 Å². The normalized spacial score (nSPS) is 16.7. The van der Waals surface area contributed by atoms with Gasteiger partial charge in [0, 0.05) is 22.1 Å². The Hall–Kier alpha value is -3.45. The van der Waals surface area contributed by atoms with Crippen LogP contribution >= 0.6 is 0 Å². The van der Waals surface area contributed by atoms with Crippen LogP contribution in [0.25, 0.3) is 10.9 Å². The van der Waals surface area contributed by atoms with Crippen LogP contribution in [0.15, 0.2) is 54.6 Å². The average Bonchev–Trinajstić information content (AvgIpc) is 3.31. The standard InChI is InChI=1S/C22H24N2O.C5H13N.CH2O2.CH2O/c1-15-6-8-16(9-7-15)17-10-12-19(13-11-17)23-22(25)21-14-18-4-2-3-5-20(18)24-21;1-5(2,3)6-4;2-1-3;1-2/h2-5,10-16,24H,6-9H2,1H3,(H,23,25);6H,1-4H3;1H,(H,2,3);1H2. The minimum Gasteiger partial charge on any atom is -0.483 e. The Morgan fingerprint density at radius 2 is 1.56 bits per heavy atom. The second kappa shape index (κ2) is 15.5. The van der Waals surface area contributed by atoms with E-state index in [9.17, 15) is 4.79 Å². The lowest BCUT2D eigenvalue weighted by atomic mass is 9.79. The van der Waals surface area contributed by atoms with Crippen LogP contribution in [-0.2, 0) is 9.59 Å². The zero-order chi connectivity index (χ0) is 27.1. The summed E-state index contributed by atoms with van der Waals surface area (Å²) < 4.78 is 0. The summed E-state index contributed by atoms with van der Waals surface area (Å²) in [6, 6.07) is 18.2. The number of H-pyrrole nitrogens is 1. The highest BCUT2D eigenvalue weighted by atomic mass is 16.3. The molecule has 0 atom stereocenters. The first-order valence-electron chi connectivity index (χ1n) is 12.2. The molecule has 1 aliphatic rings. The Bertz CT molecular complexity index is 1010. The van der Waals surface area contributed by atoms with Crippen molar-refractivity contribution in [1.82, 2.24) is 10.3 Å². The van der Waals surface area contributed by atoms with Crippen LogP contribution < -0.4 is 10.6 Å². The maximum Gasteiger partial charge on any atom is 0.290 e. The molecule has 0 spiro atoms. The van der Waals surface area contributed by atoms with E-state index in [1.807, 2.05) is 56.3 Å². The molecule has 1 amide bonds. The fourth-order valence-electron chi connectivity index (χ4n) is 3.83. The number of amides is 1. The van der Waals surface area contributed by atoms with Gasteiger partial charge in [0.05, 0.1) is 0 Å². The van der Waals surface area contributed by atoms with Crippen molar-refractivity contribution in [2.75, 3.05) is 12.4 Å². The lowest BCUT2D eigenvalue weighted by Gasteiger charge is -2.26. The Morgan fingerprint density at radius 1 is 1.03 bits per heavy atom. The highest BCUT2D eigenvalue weighted by molar-refractivity contribution is 6.05. The van der Waals surface area contributed by atoms with Gasteiger partial charge in [0.25, 0.3) is 12.4 Å². The van der Waals surface area contributed by atoms with Gasteiger partial charge in [0.2, 0.25) is 0 Å². The first-order chi connectivity index (χ1) is 17.2. The number of carbonyl (C=O) groups excluding carboxylic acids is 2. The van der Waals surface area contributed by atoms with Crippen LogP contribution in [0.1, 0.15) is 75.3 Å². The molecule has 0 saturated heterocycles. The summed E-state index contributed by atoms with van der Waals surface area (Å²) in [5, 5.41) is 14.0. The molecule has 0 radical (unpaired) electrons. The van der Waals surface area contributed by atoms with Crippen LogP contribution in [0.3, 0.4) is 0 Å². The number of rotatable bonds is 3. The molecule has 1 fully saturated rings. The summed E-state index contributed by atoms with van der Waals surface area (Å²) in [4.78, 5) is 32.0. The molecule has 2 aromatic carbocycles. The lowest BCUT2D eigenvalue weighted by Crippen LogP contribution is -2.31. The second-order valence-corrected chi connectivity index (χ2v) is 9.91. The number of para-hydroxylation sites is 1. The number of aromatic nitrogens is 1. The second-order valence-electron chi connectivity index (χ2n) is 9.91. The molecule has 1 saturated carbocycles. The third kappa shape index (κ3) is 10.4. The van der Waals surface area contributed by atoms with Crippen molar-refractivity contribution < 1.29 is 19.5 Å². The largest absolute Gasteiger partial charge is 0.483 e. The van der Waals surface area contributed by atoms with Gasteiger partial charge in [0.15, 0.2) is 0 Å². The van der Waals surface area contributed by atoms with E-state index in [1.54, 1.807) is 0 Å². The Kier molecular flexibility index (Phi) is 13.2. The molecule has 196 valence electrons. The van der Waals surface area contributed by atoms with Crippen LogP contribution in [0, 0.1) is 5.92 Å². The smallest absolute Gasteiger partial charge is 0.290 e. The molecule has 1 heterocycles. The Morgan fingerprint density at radius 3 is 2.06 bits per heavy atom. The van der Waals surface area contributed by atoms with Crippen molar-refractivity contribution in [3.8, 4) is 0 Å². The third-order valence-electron chi connectivity index (χ3n) is 6.18. The van der Waals surface area contributed by atoms with Crippen LogP contribution in [-0.4, -0.2) is 41.8 Å². The summed E-state index contributed by atoms with van der Waals surface area (Å²) in [6.07, 6.45) is 5.21. The zero-order valence-electron chi connectivity index (χ0n) is 22.1. The van der Waals surface area contributed by atoms with E-state index in [4.69, 9.17) is 14.7 Å². The third-order valence-corrected chi connectivity index (χ3v) is 6.18. The zero-order valence-corrected chi connectivity index (χ0v) is 22.1. The van der Waals surface area contributed by atoms with Crippen LogP contribution in [0.5, 0.6) is 0 Å². The van der Waals surface area contributed by atoms with E-state index in [-0.39, 0.29) is 12.4 Å². The number of hydrogen-bond donors (Lipinski definition) is 4. The fraction of sp³-hybridized carbons (Fsp3) is 0.414. The number of anilines is 1. The molecular formula is C29H41N3O4. The molecule has 7 nitrogen and oxygen atoms in total. The number of benzene rings is 2. The van der Waals surface area contributed by atoms with Crippen molar-refractivity contribution >= 4 is 35.8 Å². The minimum atomic E-state index is -0.250. The quantitative estimate of drug-likeness (QED) is 0.322. The van der Waals surface area contributed by atoms with E-state index in [2.05, 4.69) is 55.4 Å². The topological polar surface area (TPSA) is 111 Å². The predicted molar refractivity (Wildman–Crippen MR) is 148 cm³/mol. The number of hydrogen-bond acceptors (Lipinski definition) is 4. The summed E-state index contributed by atoms with van der Waals surface area (Å²) in [5.74, 6) is 1.44. The Labute approximate surface area is 214 Å². The number of aromatic amines is 1. The number of carboxylic acid groups (broad SMARTS) is 1. The summed E-state index contributed by atoms with van der Waals surface area (Å²) in [7, 11) is 1.96. The molecule has 0 aliphatic heterocycles. The average molecular weight is 496 g/mol. The molecule has 7 heteroatoms. The van der Waals surface area contributed by atoms with Crippen LogP contribution in [0.2, 0.25) is 0 Å². The van der Waals surface area contributed by atoms with E-state index in [0.717, 1.165) is 22.5 Å². The molecule has 3 aromatic rings. The van der Waals surface area contributed by atoms with E-state index >= 15 is 0 Å². The molecule has 0 bridgehead atoms. The van der Waals surface area contributed by atoms with Crippen LogP contribution in [0.4, 0.5) is 5.69 Å². The molecule has 0 unspecified atom stereocenters. The monoisotopic (exact) mass is 495 g/mol. The van der Waals surface area contributed by atoms with Crippen molar-refractivity contribution in [2.24, 2.45) is 5.92 Å². The molecule has 1 aromatic heterocycles. The number of fused-ring (bicyclic) bond motifs is 1. The van der Waals surface area contributed by atoms with Gasteiger partial charge < -0.3 is 25.5 Å². The van der Waals surface area contributed by atoms with Gasteiger partial charge in [-0.3, -0.25) is 9.59 Å². The molecule has 36 heavy (non-hydrogen) atoms. The highest BCUT2D eigenvalue weighted by Crippen LogP contribution is 2.35. The van der Waals surface area contributed by atoms with Gasteiger partial charge in [-0.05, 0) is 82.3 Å². The van der Waals surface area contributed by atoms with Crippen molar-refractivity contribution in [2.45, 2.75) is 64.8 Å². The maximum absolute atomic E-state index is 12.5. The van der Waals surface area contributed by atoms with Gasteiger partial charge in [-0.25, -0.2) is 0 Å². The molecular weight excluding hydrogens is 454 g/mol. The first-order valence-corrected chi connectivity index (χ1v) is 12.2. The van der Waals surface area contributed by atoms with E-state index in [1.165, 1.54) is 31.2 Å². The Balaban J connectivity index is 0.000000504. The minimum absolute atomic E-state index is 0.101. The van der Waals surface area contributed by atoms with Crippen molar-refractivity contribution in [3.63, 3.8) is 0 Å². The maximum atomic E-state index is 12.5. The summed E-state index contributed by atoms with van der Waals surface area (Å²) in [6.45, 7) is 10.5. The summed E-state index contributed by atoms with van der Waals surface area (Å²) >= 11 is 0. The van der Waals surface area contributed by atoms with Gasteiger partial charge in [0.1, 0.15) is 12.5 Å². The molecule has 1 aliphatic carbocycles. The van der Waals surface area contributed by atoms with E-state index in [0.29, 0.717) is 17.2 Å². The number of carbonyl (C=O) groups is 3. The highest BCUT2D eigenvalue weighted by Gasteiger charge is 2.19. The first kappa shape index (κ1) is 30.6. The fourth-order valence-corrected chi connectivity index (χ4v) is 3.83. The van der Waals surface area contributed by atoms with Crippen molar-refractivity contribution in [3.05, 3.63) is 65.9 Å². The summed E-state index contributed by atoms with van der Waals surface area (Å²) in [5.41, 5.74) is 4.10. The van der Waals surface area contributed by atoms with Gasteiger partial charge in [-0.2, -0.15) is 0 Å². The van der Waals surface area contributed by atoms with E-state index < -0.39 is 0 Å². The van der Waals surface area contributed by atoms with Gasteiger partial charge in [-0.1, -0.05) is 50.1 Å². The predicted octanol–water partition coefficient (Wildman–Crippen LogP) is 6.23. The number of nitrogens with one attached hydrogen (secondary N) is 3. The van der Waals surface area contributed by atoms with Crippen molar-refractivity contribution in [1.29, 1.82) is 0 Å². The molecule has 4 rings (SSSR count). The SMILES string of the molecule is C=O.CC1CCC(c2ccc(NC(=O)c3cc4ccccc4[nH]3)cc2)CC1.CNC(C)(C)C.O=CO. The lowest BCUT2D eigenvalue weighted by molar-refractivity contribution is -0.122. The molecule has 4 N–H and O–H groups in total.